The molecule has 1 aromatic carbocycles. The van der Waals surface area contributed by atoms with Crippen molar-refractivity contribution in [2.45, 2.75) is 29.1 Å². The summed E-state index contributed by atoms with van der Waals surface area (Å²) in [4.78, 5) is 11.3. The van der Waals surface area contributed by atoms with E-state index in [9.17, 15) is 18.0 Å². The first kappa shape index (κ1) is 17.9. The van der Waals surface area contributed by atoms with Gasteiger partial charge in [-0.1, -0.05) is 15.9 Å². The highest BCUT2D eigenvalue weighted by Gasteiger charge is 2.31. The molecule has 0 radical (unpaired) electrons. The van der Waals surface area contributed by atoms with E-state index < -0.39 is 11.5 Å². The summed E-state index contributed by atoms with van der Waals surface area (Å²) >= 11 is 2.83. The van der Waals surface area contributed by atoms with Crippen LogP contribution in [0.2, 0.25) is 0 Å². The summed E-state index contributed by atoms with van der Waals surface area (Å²) in [6.07, 6.45) is -0.0829. The quantitative estimate of drug-likeness (QED) is 0.436. The molecular weight excluding hydrogens is 371 g/mol. The van der Waals surface area contributed by atoms with Crippen LogP contribution in [0.15, 0.2) is 17.0 Å². The first-order chi connectivity index (χ1) is 9.80. The molecule has 0 saturated carbocycles. The minimum atomic E-state index is -4.47. The fourth-order valence-electron chi connectivity index (χ4n) is 1.62. The molecule has 0 N–H and O–H groups in total. The van der Waals surface area contributed by atoms with Gasteiger partial charge in [0, 0.05) is 10.2 Å². The summed E-state index contributed by atoms with van der Waals surface area (Å²) in [5, 5.41) is 9.26. The zero-order valence-corrected chi connectivity index (χ0v) is 13.4. The number of thioether (sulfide) groups is 1. The van der Waals surface area contributed by atoms with E-state index in [1.165, 1.54) is 12.1 Å². The summed E-state index contributed by atoms with van der Waals surface area (Å²) < 4.78 is 42.2. The average Bonchev–Trinajstić information content (AvgIpc) is 2.38. The Hall–Kier alpha value is -1.20. The van der Waals surface area contributed by atoms with Gasteiger partial charge in [-0.15, -0.1) is 0 Å². The number of nitrogens with zero attached hydrogens (tertiary/aromatic N) is 1. The minimum Gasteiger partial charge on any atom is -0.466 e. The van der Waals surface area contributed by atoms with Crippen LogP contribution in [-0.2, 0) is 21.3 Å². The Morgan fingerprint density at radius 2 is 2.10 bits per heavy atom. The van der Waals surface area contributed by atoms with Crippen molar-refractivity contribution >= 4 is 33.7 Å². The van der Waals surface area contributed by atoms with Gasteiger partial charge in [-0.25, -0.2) is 0 Å². The number of ether oxygens (including phenoxy) is 1. The molecule has 1 rings (SSSR count). The Morgan fingerprint density at radius 1 is 1.43 bits per heavy atom. The molecular formula is C13H11BrF3NO2S. The Kier molecular flexibility index (Phi) is 6.55. The number of rotatable bonds is 5. The largest absolute Gasteiger partial charge is 0.466 e. The second-order valence-electron chi connectivity index (χ2n) is 3.89. The van der Waals surface area contributed by atoms with Crippen molar-refractivity contribution in [1.82, 2.24) is 0 Å². The fourth-order valence-corrected chi connectivity index (χ4v) is 2.81. The van der Waals surface area contributed by atoms with E-state index in [0.29, 0.717) is 11.1 Å². The van der Waals surface area contributed by atoms with Crippen LogP contribution in [0.1, 0.15) is 23.6 Å². The lowest BCUT2D eigenvalue weighted by molar-refractivity contribution is -0.142. The SMILES string of the molecule is CCOC(=O)Cc1cc(C#N)c(SC(F)(F)F)cc1CBr. The highest BCUT2D eigenvalue weighted by molar-refractivity contribution is 9.08. The third-order valence-electron chi connectivity index (χ3n) is 2.43. The maximum Gasteiger partial charge on any atom is 0.446 e. The summed E-state index contributed by atoms with van der Waals surface area (Å²) in [6.45, 7) is 1.88. The van der Waals surface area contributed by atoms with Gasteiger partial charge in [-0.3, -0.25) is 4.79 Å². The van der Waals surface area contributed by atoms with Gasteiger partial charge >= 0.3 is 11.5 Å². The lowest BCUT2D eigenvalue weighted by atomic mass is 10.0. The van der Waals surface area contributed by atoms with E-state index >= 15 is 0 Å². The smallest absolute Gasteiger partial charge is 0.446 e. The molecule has 0 spiro atoms. The number of carbonyl (C=O) groups excluding carboxylic acids is 1. The lowest BCUT2D eigenvalue weighted by Crippen LogP contribution is -2.10. The number of nitriles is 1. The fraction of sp³-hybridized carbons (Fsp3) is 0.385. The Bertz CT molecular complexity index is 570. The van der Waals surface area contributed by atoms with Crippen LogP contribution in [0.25, 0.3) is 0 Å². The number of benzene rings is 1. The Balaban J connectivity index is 3.17. The third-order valence-corrected chi connectivity index (χ3v) is 3.83. The monoisotopic (exact) mass is 381 g/mol. The predicted molar refractivity (Wildman–Crippen MR) is 76.0 cm³/mol. The van der Waals surface area contributed by atoms with Gasteiger partial charge in [0.25, 0.3) is 0 Å². The molecule has 0 atom stereocenters. The van der Waals surface area contributed by atoms with E-state index in [0.717, 1.165) is 0 Å². The topological polar surface area (TPSA) is 50.1 Å². The molecule has 1 aromatic rings. The zero-order chi connectivity index (χ0) is 16.0. The van der Waals surface area contributed by atoms with Crippen molar-refractivity contribution in [1.29, 1.82) is 5.26 Å². The van der Waals surface area contributed by atoms with Gasteiger partial charge in [0.1, 0.15) is 6.07 Å². The number of hydrogen-bond acceptors (Lipinski definition) is 4. The highest BCUT2D eigenvalue weighted by Crippen LogP contribution is 2.39. The van der Waals surface area contributed by atoms with Gasteiger partial charge in [-0.2, -0.15) is 18.4 Å². The normalized spacial score (nSPS) is 11.0. The standard InChI is InChI=1S/C13H11BrF3NO2S/c1-2-20-12(19)5-8-3-10(7-18)11(4-9(8)6-14)21-13(15,16)17/h3-4H,2,5-6H2,1H3. The van der Waals surface area contributed by atoms with Crippen LogP contribution in [0.5, 0.6) is 0 Å². The number of halogens is 4. The first-order valence-corrected chi connectivity index (χ1v) is 7.77. The molecule has 0 heterocycles. The molecule has 0 unspecified atom stereocenters. The van der Waals surface area contributed by atoms with Crippen molar-refractivity contribution in [3.8, 4) is 6.07 Å². The number of esters is 1. The van der Waals surface area contributed by atoms with Crippen LogP contribution in [0.3, 0.4) is 0 Å². The van der Waals surface area contributed by atoms with Crippen molar-refractivity contribution in [3.63, 3.8) is 0 Å². The van der Waals surface area contributed by atoms with E-state index in [4.69, 9.17) is 10.00 Å². The molecule has 8 heteroatoms. The summed E-state index contributed by atoms with van der Waals surface area (Å²) in [5.41, 5.74) is -3.58. The van der Waals surface area contributed by atoms with Gasteiger partial charge in [0.2, 0.25) is 0 Å². The third kappa shape index (κ3) is 5.59. The van der Waals surface area contributed by atoms with Crippen molar-refractivity contribution in [2.24, 2.45) is 0 Å². The van der Waals surface area contributed by atoms with Gasteiger partial charge < -0.3 is 4.74 Å². The van der Waals surface area contributed by atoms with Gasteiger partial charge in [0.05, 0.1) is 18.6 Å². The second-order valence-corrected chi connectivity index (χ2v) is 5.56. The average molecular weight is 382 g/mol. The molecule has 21 heavy (non-hydrogen) atoms. The van der Waals surface area contributed by atoms with Crippen LogP contribution in [0.4, 0.5) is 13.2 Å². The van der Waals surface area contributed by atoms with E-state index in [2.05, 4.69) is 15.9 Å². The van der Waals surface area contributed by atoms with Crippen LogP contribution < -0.4 is 0 Å². The maximum absolute atomic E-state index is 12.5. The summed E-state index contributed by atoms with van der Waals surface area (Å²) in [7, 11) is 0. The molecule has 0 aliphatic rings. The number of hydrogen-bond donors (Lipinski definition) is 0. The highest BCUT2D eigenvalue weighted by atomic mass is 79.9. The molecule has 0 fully saturated rings. The van der Waals surface area contributed by atoms with E-state index in [-0.39, 0.29) is 40.6 Å². The Morgan fingerprint density at radius 3 is 2.57 bits per heavy atom. The summed E-state index contributed by atoms with van der Waals surface area (Å²) in [5.74, 6) is -0.486. The van der Waals surface area contributed by atoms with Crippen molar-refractivity contribution in [2.75, 3.05) is 6.61 Å². The van der Waals surface area contributed by atoms with Gasteiger partial charge in [-0.05, 0) is 41.9 Å². The van der Waals surface area contributed by atoms with Gasteiger partial charge in [0.15, 0.2) is 0 Å². The summed E-state index contributed by atoms with van der Waals surface area (Å²) in [6, 6.07) is 4.31. The molecule has 0 aromatic heterocycles. The zero-order valence-electron chi connectivity index (χ0n) is 11.0. The molecule has 0 aliphatic carbocycles. The van der Waals surface area contributed by atoms with Crippen LogP contribution >= 0.6 is 27.7 Å². The van der Waals surface area contributed by atoms with Crippen molar-refractivity contribution < 1.29 is 22.7 Å². The minimum absolute atomic E-state index is 0.0829. The van der Waals surface area contributed by atoms with E-state index in [1.54, 1.807) is 13.0 Å². The molecule has 0 aliphatic heterocycles. The lowest BCUT2D eigenvalue weighted by Gasteiger charge is -2.12. The van der Waals surface area contributed by atoms with Crippen LogP contribution in [-0.4, -0.2) is 18.1 Å². The first-order valence-electron chi connectivity index (χ1n) is 5.84. The molecule has 0 saturated heterocycles. The van der Waals surface area contributed by atoms with Crippen molar-refractivity contribution in [3.05, 3.63) is 28.8 Å². The van der Waals surface area contributed by atoms with E-state index in [1.807, 2.05) is 0 Å². The molecule has 0 bridgehead atoms. The maximum atomic E-state index is 12.5. The second kappa shape index (κ2) is 7.71. The Labute approximate surface area is 132 Å². The van der Waals surface area contributed by atoms with Crippen LogP contribution in [0, 0.1) is 11.3 Å². The number of alkyl halides is 4. The predicted octanol–water partition coefficient (Wildman–Crippen LogP) is 4.17. The molecule has 3 nitrogen and oxygen atoms in total. The molecule has 0 amide bonds. The molecule has 114 valence electrons. The number of carbonyl (C=O) groups is 1.